The first-order chi connectivity index (χ1) is 23.1. The fourth-order valence-corrected chi connectivity index (χ4v) is 9.72. The van der Waals surface area contributed by atoms with Gasteiger partial charge in [0.1, 0.15) is 0 Å². The maximum Gasteiger partial charge on any atom is 0.0725 e. The van der Waals surface area contributed by atoms with Gasteiger partial charge in [0.25, 0.3) is 0 Å². The van der Waals surface area contributed by atoms with E-state index in [1.54, 1.807) is 0 Å². The molecule has 7 aromatic carbocycles. The second-order valence-corrected chi connectivity index (χ2v) is 14.0. The van der Waals surface area contributed by atoms with Gasteiger partial charge >= 0.3 is 0 Å². The zero-order valence-electron chi connectivity index (χ0n) is 26.4. The highest BCUT2D eigenvalue weighted by molar-refractivity contribution is 6.13. The second-order valence-electron chi connectivity index (χ2n) is 14.0. The van der Waals surface area contributed by atoms with Crippen LogP contribution in [0, 0.1) is 0 Å². The summed E-state index contributed by atoms with van der Waals surface area (Å²) in [5.41, 5.74) is 19.7. The van der Waals surface area contributed by atoms with E-state index in [0.717, 1.165) is 0 Å². The van der Waals surface area contributed by atoms with Crippen LogP contribution in [0.15, 0.2) is 152 Å². The van der Waals surface area contributed by atoms with Crippen LogP contribution < -0.4 is 0 Å². The van der Waals surface area contributed by atoms with Gasteiger partial charge in [0.2, 0.25) is 0 Å². The van der Waals surface area contributed by atoms with Crippen molar-refractivity contribution in [2.45, 2.75) is 24.7 Å². The summed E-state index contributed by atoms with van der Waals surface area (Å²) in [5.74, 6) is 0. The number of nitrogens with zero attached hydrogens (tertiary/aromatic N) is 1. The van der Waals surface area contributed by atoms with Gasteiger partial charge in [-0.1, -0.05) is 147 Å². The third-order valence-corrected chi connectivity index (χ3v) is 11.6. The number of fused-ring (bicyclic) bond motifs is 15. The Labute approximate surface area is 274 Å². The molecule has 0 fully saturated rings. The van der Waals surface area contributed by atoms with Gasteiger partial charge in [-0.2, -0.15) is 0 Å². The van der Waals surface area contributed by atoms with E-state index < -0.39 is 0 Å². The SMILES string of the molecule is CC1(C)c2ccccc2-n2c3ccc(-c4cccc5c4-c4ccccc4C54c5ccccc5-c5ccccc54)cc3c3cccc1c32. The van der Waals surface area contributed by atoms with E-state index >= 15 is 0 Å². The van der Waals surface area contributed by atoms with E-state index in [0.29, 0.717) is 0 Å². The molecule has 1 nitrogen and oxygen atoms in total. The average molecular weight is 598 g/mol. The first-order valence-electron chi connectivity index (χ1n) is 16.7. The minimum absolute atomic E-state index is 0.0740. The summed E-state index contributed by atoms with van der Waals surface area (Å²) in [5, 5.41) is 2.63. The molecular weight excluding hydrogens is 567 g/mol. The largest absolute Gasteiger partial charge is 0.309 e. The van der Waals surface area contributed by atoms with E-state index in [-0.39, 0.29) is 10.8 Å². The lowest BCUT2D eigenvalue weighted by Gasteiger charge is -2.34. The highest BCUT2D eigenvalue weighted by Gasteiger charge is 2.52. The Morgan fingerprint density at radius 1 is 0.426 bits per heavy atom. The summed E-state index contributed by atoms with van der Waals surface area (Å²) in [4.78, 5) is 0. The van der Waals surface area contributed by atoms with E-state index in [4.69, 9.17) is 0 Å². The molecule has 0 amide bonds. The number of hydrogen-bond acceptors (Lipinski definition) is 0. The highest BCUT2D eigenvalue weighted by Crippen LogP contribution is 2.64. The van der Waals surface area contributed by atoms with Crippen molar-refractivity contribution in [2.24, 2.45) is 0 Å². The lowest BCUT2D eigenvalue weighted by molar-refractivity contribution is 0.630. The minimum atomic E-state index is -0.335. The van der Waals surface area contributed by atoms with E-state index in [9.17, 15) is 0 Å². The number of aromatic nitrogens is 1. The molecule has 3 aliphatic rings. The van der Waals surface area contributed by atoms with Crippen LogP contribution in [-0.4, -0.2) is 4.57 Å². The van der Waals surface area contributed by atoms with E-state index in [2.05, 4.69) is 170 Å². The molecule has 2 heterocycles. The molecule has 11 rings (SSSR count). The van der Waals surface area contributed by atoms with Crippen molar-refractivity contribution in [1.82, 2.24) is 4.57 Å². The standard InChI is InChI=1S/C46H31N/c1-45(2)38-21-9-10-24-42(38)47-41-26-25-28(27-34(41)32-17-12-23-40(45)44(32)47)29-16-11-22-39-43(29)33-15-5-8-20-37(33)46(39)35-18-6-3-13-30(35)31-14-4-7-19-36(31)46/h3-27H,1-2H3. The Hall–Kier alpha value is -5.66. The summed E-state index contributed by atoms with van der Waals surface area (Å²) in [6, 6.07) is 57.2. The van der Waals surface area contributed by atoms with Gasteiger partial charge in [-0.05, 0) is 85.0 Å². The van der Waals surface area contributed by atoms with Gasteiger partial charge in [-0.15, -0.1) is 0 Å². The smallest absolute Gasteiger partial charge is 0.0725 e. The van der Waals surface area contributed by atoms with Crippen molar-refractivity contribution < 1.29 is 0 Å². The van der Waals surface area contributed by atoms with Crippen molar-refractivity contribution in [3.63, 3.8) is 0 Å². The molecule has 0 bridgehead atoms. The predicted molar refractivity (Wildman–Crippen MR) is 195 cm³/mol. The van der Waals surface area contributed by atoms with Crippen LogP contribution in [0.25, 0.3) is 60.9 Å². The van der Waals surface area contributed by atoms with Gasteiger partial charge < -0.3 is 4.57 Å². The third-order valence-electron chi connectivity index (χ3n) is 11.6. The van der Waals surface area contributed by atoms with Crippen LogP contribution in [0.2, 0.25) is 0 Å². The van der Waals surface area contributed by atoms with Crippen LogP contribution in [0.1, 0.15) is 47.2 Å². The molecule has 47 heavy (non-hydrogen) atoms. The molecular formula is C46H31N. The van der Waals surface area contributed by atoms with Gasteiger partial charge in [-0.25, -0.2) is 0 Å². The van der Waals surface area contributed by atoms with Crippen LogP contribution in [0.4, 0.5) is 0 Å². The van der Waals surface area contributed by atoms with Gasteiger partial charge in [0.15, 0.2) is 0 Å². The molecule has 0 saturated heterocycles. The molecule has 1 heteroatoms. The molecule has 0 unspecified atom stereocenters. The molecule has 2 aliphatic carbocycles. The summed E-state index contributed by atoms with van der Waals surface area (Å²) in [7, 11) is 0. The normalized spacial score (nSPS) is 15.4. The molecule has 0 saturated carbocycles. The molecule has 1 aromatic heterocycles. The van der Waals surface area contributed by atoms with Crippen LogP contribution in [-0.2, 0) is 10.8 Å². The number of benzene rings is 7. The minimum Gasteiger partial charge on any atom is -0.309 e. The molecule has 0 atom stereocenters. The van der Waals surface area contributed by atoms with Gasteiger partial charge in [-0.3, -0.25) is 0 Å². The van der Waals surface area contributed by atoms with Crippen LogP contribution >= 0.6 is 0 Å². The molecule has 1 aliphatic heterocycles. The maximum atomic E-state index is 2.51. The monoisotopic (exact) mass is 597 g/mol. The van der Waals surface area contributed by atoms with Crippen molar-refractivity contribution in [2.75, 3.05) is 0 Å². The predicted octanol–water partition coefficient (Wildman–Crippen LogP) is 11.4. The topological polar surface area (TPSA) is 4.93 Å². The third kappa shape index (κ3) is 2.89. The zero-order chi connectivity index (χ0) is 31.1. The number of hydrogen-bond donors (Lipinski definition) is 0. The second kappa shape index (κ2) is 8.57. The van der Waals surface area contributed by atoms with Crippen molar-refractivity contribution in [3.8, 4) is 39.1 Å². The quantitative estimate of drug-likeness (QED) is 0.177. The summed E-state index contributed by atoms with van der Waals surface area (Å²) in [6.45, 7) is 4.74. The summed E-state index contributed by atoms with van der Waals surface area (Å²) in [6.07, 6.45) is 0. The zero-order valence-corrected chi connectivity index (χ0v) is 26.4. The fourth-order valence-electron chi connectivity index (χ4n) is 9.72. The average Bonchev–Trinajstić information content (AvgIpc) is 3.73. The molecule has 0 N–H and O–H groups in total. The van der Waals surface area contributed by atoms with Crippen molar-refractivity contribution in [1.29, 1.82) is 0 Å². The van der Waals surface area contributed by atoms with Crippen molar-refractivity contribution in [3.05, 3.63) is 185 Å². The summed E-state index contributed by atoms with van der Waals surface area (Å²) < 4.78 is 2.51. The maximum absolute atomic E-state index is 2.51. The molecule has 8 aromatic rings. The van der Waals surface area contributed by atoms with Gasteiger partial charge in [0, 0.05) is 16.2 Å². The fraction of sp³-hybridized carbons (Fsp3) is 0.0870. The lowest BCUT2D eigenvalue weighted by atomic mass is 9.70. The highest BCUT2D eigenvalue weighted by atomic mass is 15.0. The Morgan fingerprint density at radius 2 is 0.979 bits per heavy atom. The van der Waals surface area contributed by atoms with Gasteiger partial charge in [0.05, 0.1) is 22.1 Å². The Kier molecular flexibility index (Phi) is 4.66. The van der Waals surface area contributed by atoms with E-state index in [1.807, 2.05) is 0 Å². The first kappa shape index (κ1) is 25.5. The van der Waals surface area contributed by atoms with Crippen molar-refractivity contribution >= 4 is 21.8 Å². The Balaban J connectivity index is 1.22. The Bertz CT molecular complexity index is 2620. The molecule has 1 spiro atoms. The molecule has 0 radical (unpaired) electrons. The number of para-hydroxylation sites is 2. The lowest BCUT2D eigenvalue weighted by Crippen LogP contribution is -2.26. The van der Waals surface area contributed by atoms with Crippen LogP contribution in [0.5, 0.6) is 0 Å². The Morgan fingerprint density at radius 3 is 1.72 bits per heavy atom. The molecule has 220 valence electrons. The van der Waals surface area contributed by atoms with E-state index in [1.165, 1.54) is 94.3 Å². The van der Waals surface area contributed by atoms with Crippen LogP contribution in [0.3, 0.4) is 0 Å². The number of rotatable bonds is 1. The first-order valence-corrected chi connectivity index (χ1v) is 16.7. The summed E-state index contributed by atoms with van der Waals surface area (Å²) >= 11 is 0.